The van der Waals surface area contributed by atoms with Crippen molar-refractivity contribution in [2.24, 2.45) is 0 Å². The predicted molar refractivity (Wildman–Crippen MR) is 66.9 cm³/mol. The molecule has 21 heavy (non-hydrogen) atoms. The summed E-state index contributed by atoms with van der Waals surface area (Å²) in [6.07, 6.45) is 2.14. The minimum absolute atomic E-state index is 0.145. The van der Waals surface area contributed by atoms with Gasteiger partial charge in [-0.2, -0.15) is 0 Å². The second-order valence-electron chi connectivity index (χ2n) is 3.92. The monoisotopic (exact) mass is 295 g/mol. The largest absolute Gasteiger partial charge is 0.506 e. The molecular formula is C12H7F2N3O4. The van der Waals surface area contributed by atoms with Gasteiger partial charge in [0.25, 0.3) is 11.6 Å². The van der Waals surface area contributed by atoms with Crippen LogP contribution in [-0.2, 0) is 0 Å². The van der Waals surface area contributed by atoms with Gasteiger partial charge in [-0.3, -0.25) is 19.9 Å². The van der Waals surface area contributed by atoms with Gasteiger partial charge in [-0.25, -0.2) is 8.78 Å². The first-order chi connectivity index (χ1) is 9.88. The number of carbonyl (C=O) groups is 1. The van der Waals surface area contributed by atoms with Crippen LogP contribution in [0.4, 0.5) is 20.2 Å². The molecule has 0 aliphatic carbocycles. The molecule has 0 saturated carbocycles. The van der Waals surface area contributed by atoms with Gasteiger partial charge in [0.15, 0.2) is 11.5 Å². The van der Waals surface area contributed by atoms with E-state index >= 15 is 0 Å². The summed E-state index contributed by atoms with van der Waals surface area (Å²) in [6, 6.07) is 1.93. The molecule has 0 radical (unpaired) electrons. The third kappa shape index (κ3) is 3.08. The molecule has 0 fully saturated rings. The molecule has 0 unspecified atom stereocenters. The van der Waals surface area contributed by atoms with Crippen molar-refractivity contribution in [3.8, 4) is 5.75 Å². The molecule has 0 saturated heterocycles. The molecule has 2 aromatic rings. The fourth-order valence-electron chi connectivity index (χ4n) is 1.57. The van der Waals surface area contributed by atoms with Crippen LogP contribution < -0.4 is 5.32 Å². The third-order valence-corrected chi connectivity index (χ3v) is 2.46. The SMILES string of the molecule is O=C(Nc1c(F)cc(F)cc1[N+](=O)[O-])c1cncc(O)c1. The molecule has 0 aliphatic rings. The van der Waals surface area contributed by atoms with Crippen molar-refractivity contribution in [1.29, 1.82) is 0 Å². The summed E-state index contributed by atoms with van der Waals surface area (Å²) in [6.45, 7) is 0. The average Bonchev–Trinajstić information content (AvgIpc) is 2.41. The first-order valence-electron chi connectivity index (χ1n) is 5.47. The van der Waals surface area contributed by atoms with Crippen LogP contribution in [0.15, 0.2) is 30.6 Å². The molecule has 1 amide bonds. The molecule has 1 aromatic heterocycles. The van der Waals surface area contributed by atoms with Crippen LogP contribution in [-0.4, -0.2) is 20.9 Å². The quantitative estimate of drug-likeness (QED) is 0.667. The Hall–Kier alpha value is -3.10. The van der Waals surface area contributed by atoms with Crippen LogP contribution in [0.2, 0.25) is 0 Å². The fourth-order valence-corrected chi connectivity index (χ4v) is 1.57. The molecule has 1 aromatic carbocycles. The number of nitro benzene ring substituents is 1. The van der Waals surface area contributed by atoms with Crippen LogP contribution in [0.3, 0.4) is 0 Å². The number of nitro groups is 1. The van der Waals surface area contributed by atoms with Gasteiger partial charge < -0.3 is 10.4 Å². The molecule has 0 aliphatic heterocycles. The van der Waals surface area contributed by atoms with Gasteiger partial charge in [-0.1, -0.05) is 0 Å². The van der Waals surface area contributed by atoms with E-state index in [0.29, 0.717) is 12.1 Å². The number of aromatic nitrogens is 1. The van der Waals surface area contributed by atoms with Crippen molar-refractivity contribution in [2.75, 3.05) is 5.32 Å². The summed E-state index contributed by atoms with van der Waals surface area (Å²) >= 11 is 0. The normalized spacial score (nSPS) is 10.2. The average molecular weight is 295 g/mol. The number of nitrogens with one attached hydrogen (secondary N) is 1. The van der Waals surface area contributed by atoms with Crippen LogP contribution in [0.5, 0.6) is 5.75 Å². The summed E-state index contributed by atoms with van der Waals surface area (Å²) in [7, 11) is 0. The van der Waals surface area contributed by atoms with E-state index in [2.05, 4.69) is 4.98 Å². The maximum absolute atomic E-state index is 13.6. The van der Waals surface area contributed by atoms with Gasteiger partial charge in [0.1, 0.15) is 11.6 Å². The minimum Gasteiger partial charge on any atom is -0.506 e. The Morgan fingerprint density at radius 3 is 2.62 bits per heavy atom. The second-order valence-corrected chi connectivity index (χ2v) is 3.92. The number of amides is 1. The number of anilines is 1. The first kappa shape index (κ1) is 14.3. The van der Waals surface area contributed by atoms with Crippen LogP contribution in [0.25, 0.3) is 0 Å². The van der Waals surface area contributed by atoms with Crippen molar-refractivity contribution in [1.82, 2.24) is 4.98 Å². The fraction of sp³-hybridized carbons (Fsp3) is 0. The lowest BCUT2D eigenvalue weighted by atomic mass is 10.2. The van der Waals surface area contributed by atoms with Crippen molar-refractivity contribution in [3.63, 3.8) is 0 Å². The smallest absolute Gasteiger partial charge is 0.298 e. The highest BCUT2D eigenvalue weighted by atomic mass is 19.1. The van der Waals surface area contributed by atoms with Crippen LogP contribution in [0.1, 0.15) is 10.4 Å². The second kappa shape index (κ2) is 5.49. The lowest BCUT2D eigenvalue weighted by Crippen LogP contribution is -2.15. The molecule has 0 atom stereocenters. The number of halogens is 2. The van der Waals surface area contributed by atoms with Crippen LogP contribution in [0, 0.1) is 21.7 Å². The Kier molecular flexibility index (Phi) is 3.74. The number of benzene rings is 1. The highest BCUT2D eigenvalue weighted by molar-refractivity contribution is 6.05. The van der Waals surface area contributed by atoms with Gasteiger partial charge in [-0.15, -0.1) is 0 Å². The minimum atomic E-state index is -1.29. The van der Waals surface area contributed by atoms with Crippen molar-refractivity contribution >= 4 is 17.3 Å². The van der Waals surface area contributed by atoms with E-state index in [9.17, 15) is 28.8 Å². The standard InChI is InChI=1S/C12H7F2N3O4/c13-7-2-9(14)11(10(3-7)17(20)21)16-12(19)6-1-8(18)5-15-4-6/h1-5,18H,(H,16,19). The van der Waals surface area contributed by atoms with Gasteiger partial charge in [0, 0.05) is 12.3 Å². The highest BCUT2D eigenvalue weighted by Gasteiger charge is 2.23. The maximum atomic E-state index is 13.6. The summed E-state index contributed by atoms with van der Waals surface area (Å²) < 4.78 is 26.6. The Balaban J connectivity index is 2.39. The number of hydrogen-bond acceptors (Lipinski definition) is 5. The number of carbonyl (C=O) groups excluding carboxylic acids is 1. The lowest BCUT2D eigenvalue weighted by Gasteiger charge is -2.07. The van der Waals surface area contributed by atoms with Gasteiger partial charge in [0.05, 0.1) is 22.7 Å². The number of aromatic hydroxyl groups is 1. The van der Waals surface area contributed by atoms with E-state index in [0.717, 1.165) is 18.5 Å². The Bertz CT molecular complexity index is 736. The summed E-state index contributed by atoms with van der Waals surface area (Å²) in [5.41, 5.74) is -1.84. The maximum Gasteiger partial charge on any atom is 0.298 e. The molecular weight excluding hydrogens is 288 g/mol. The van der Waals surface area contributed by atoms with E-state index in [1.165, 1.54) is 0 Å². The summed E-state index contributed by atoms with van der Waals surface area (Å²) in [5, 5.41) is 21.9. The van der Waals surface area contributed by atoms with Gasteiger partial charge in [0.2, 0.25) is 0 Å². The number of pyridine rings is 1. The summed E-state index contributed by atoms with van der Waals surface area (Å²) in [4.78, 5) is 25.1. The Morgan fingerprint density at radius 2 is 2.00 bits per heavy atom. The van der Waals surface area contributed by atoms with E-state index in [4.69, 9.17) is 0 Å². The van der Waals surface area contributed by atoms with E-state index < -0.39 is 33.8 Å². The summed E-state index contributed by atoms with van der Waals surface area (Å²) in [5.74, 6) is -3.68. The van der Waals surface area contributed by atoms with E-state index in [-0.39, 0.29) is 11.3 Å². The van der Waals surface area contributed by atoms with E-state index in [1.807, 2.05) is 5.32 Å². The van der Waals surface area contributed by atoms with Crippen molar-refractivity contribution in [2.45, 2.75) is 0 Å². The molecule has 1 heterocycles. The zero-order valence-electron chi connectivity index (χ0n) is 10.2. The van der Waals surface area contributed by atoms with Crippen LogP contribution >= 0.6 is 0 Å². The van der Waals surface area contributed by atoms with Crippen molar-refractivity contribution in [3.05, 3.63) is 57.9 Å². The topological polar surface area (TPSA) is 105 Å². The first-order valence-corrected chi connectivity index (χ1v) is 5.47. The molecule has 9 heteroatoms. The molecule has 2 N–H and O–H groups in total. The zero-order valence-corrected chi connectivity index (χ0v) is 10.2. The number of nitrogens with zero attached hydrogens (tertiary/aromatic N) is 2. The molecule has 108 valence electrons. The molecule has 2 rings (SSSR count). The van der Waals surface area contributed by atoms with Gasteiger partial charge >= 0.3 is 0 Å². The predicted octanol–water partition coefficient (Wildman–Crippen LogP) is 2.23. The third-order valence-electron chi connectivity index (χ3n) is 2.46. The Labute approximate surface area is 116 Å². The highest BCUT2D eigenvalue weighted by Crippen LogP contribution is 2.29. The molecule has 7 nitrogen and oxygen atoms in total. The molecule has 0 spiro atoms. The number of hydrogen-bond donors (Lipinski definition) is 2. The van der Waals surface area contributed by atoms with E-state index in [1.54, 1.807) is 0 Å². The zero-order chi connectivity index (χ0) is 15.6. The lowest BCUT2D eigenvalue weighted by molar-refractivity contribution is -0.384. The molecule has 0 bridgehead atoms. The number of rotatable bonds is 3. The van der Waals surface area contributed by atoms with Gasteiger partial charge in [-0.05, 0) is 6.07 Å². The van der Waals surface area contributed by atoms with Crippen molar-refractivity contribution < 1.29 is 23.6 Å². The Morgan fingerprint density at radius 1 is 1.29 bits per heavy atom.